The number of nitrogens with zero attached hydrogens (tertiary/aromatic N) is 7. The van der Waals surface area contributed by atoms with Gasteiger partial charge in [0.15, 0.2) is 5.65 Å². The average Bonchev–Trinajstić information content (AvgIpc) is 3.82. The number of nitrogens with two attached hydrogens (primary N) is 1. The Balaban J connectivity index is 0.950. The Morgan fingerprint density at radius 1 is 0.907 bits per heavy atom. The number of rotatable bonds is 8. The zero-order valence-electron chi connectivity index (χ0n) is 37.0. The van der Waals surface area contributed by atoms with Crippen LogP contribution >= 0.6 is 0 Å². The van der Waals surface area contributed by atoms with Crippen molar-refractivity contribution in [2.24, 2.45) is 5.92 Å². The first-order valence-electron chi connectivity index (χ1n) is 21.9. The van der Waals surface area contributed by atoms with Crippen LogP contribution in [0.25, 0.3) is 33.1 Å². The maximum atomic E-state index is 16.5. The van der Waals surface area contributed by atoms with E-state index < -0.39 is 62.6 Å². The molecule has 5 heterocycles. The van der Waals surface area contributed by atoms with E-state index in [9.17, 15) is 9.59 Å². The van der Waals surface area contributed by atoms with Crippen molar-refractivity contribution >= 4 is 45.1 Å². The molecule has 0 spiro atoms. The summed E-state index contributed by atoms with van der Waals surface area (Å²) in [6.07, 6.45) is 3.65. The summed E-state index contributed by atoms with van der Waals surface area (Å²) in [5.74, 6) is -0.126. The molecule has 3 aromatic carbocycles. The third kappa shape index (κ3) is 6.64. The van der Waals surface area contributed by atoms with Gasteiger partial charge < -0.3 is 19.9 Å². The smallest absolute Gasteiger partial charge is 0.249 e. The Hall–Kier alpha value is -5.82. The number of carbonyl (C=O) groups excluding carboxylic acids is 2. The number of nitrogens with one attached hydrogen (secondary N) is 1. The fourth-order valence-electron chi connectivity index (χ4n) is 7.55. The molecule has 3 aliphatic rings. The molecule has 2 amide bonds. The SMILES string of the molecule is [2H]C1([2H])N(CC2CCC(n3nc(-c4ccc(Oc5ccccc5)cc4)c4c(N)ncnc43)C(F)C2)C([2H])([2H])C([2H])([2H])N(c2ccc3cn(C4CCC(=O)NC4=O)cc3c2)C1([2H])[2H]. The van der Waals surface area contributed by atoms with Crippen LogP contribution in [0.2, 0.25) is 0 Å². The van der Waals surface area contributed by atoms with Crippen LogP contribution in [-0.2, 0) is 9.59 Å². The highest BCUT2D eigenvalue weighted by Gasteiger charge is 2.36. The zero-order valence-corrected chi connectivity index (χ0v) is 29.0. The Morgan fingerprint density at radius 2 is 1.69 bits per heavy atom. The Morgan fingerprint density at radius 3 is 2.46 bits per heavy atom. The first-order valence-corrected chi connectivity index (χ1v) is 17.9. The van der Waals surface area contributed by atoms with Gasteiger partial charge in [-0.1, -0.05) is 24.3 Å². The third-order valence-corrected chi connectivity index (χ3v) is 10.3. The topological polar surface area (TPSA) is 136 Å². The molecule has 12 nitrogen and oxygen atoms in total. The van der Waals surface area contributed by atoms with Crippen LogP contribution in [0.5, 0.6) is 11.5 Å². The van der Waals surface area contributed by atoms with Crippen molar-refractivity contribution in [3.05, 3.63) is 91.5 Å². The number of hydrogen-bond donors (Lipinski definition) is 2. The summed E-state index contributed by atoms with van der Waals surface area (Å²) in [7, 11) is 0. The molecular weight excluding hydrogens is 686 g/mol. The van der Waals surface area contributed by atoms with Crippen molar-refractivity contribution in [2.75, 3.05) is 43.2 Å². The van der Waals surface area contributed by atoms with Crippen molar-refractivity contribution in [3.8, 4) is 22.8 Å². The molecule has 54 heavy (non-hydrogen) atoms. The molecule has 13 heteroatoms. The zero-order chi connectivity index (χ0) is 43.9. The van der Waals surface area contributed by atoms with Gasteiger partial charge in [-0.25, -0.2) is 19.0 Å². The predicted octanol–water partition coefficient (Wildman–Crippen LogP) is 6.30. The number of amides is 2. The highest BCUT2D eigenvalue weighted by atomic mass is 19.1. The minimum Gasteiger partial charge on any atom is -0.457 e. The summed E-state index contributed by atoms with van der Waals surface area (Å²) in [4.78, 5) is 33.9. The van der Waals surface area contributed by atoms with E-state index in [4.69, 9.17) is 26.5 Å². The van der Waals surface area contributed by atoms with Crippen molar-refractivity contribution in [1.29, 1.82) is 0 Å². The van der Waals surface area contributed by atoms with Crippen LogP contribution in [0.4, 0.5) is 15.9 Å². The number of piperidine rings is 1. The highest BCUT2D eigenvalue weighted by molar-refractivity contribution is 6.00. The van der Waals surface area contributed by atoms with E-state index in [-0.39, 0.29) is 49.5 Å². The molecule has 3 N–H and O–H groups in total. The fraction of sp³-hybridized carbons (Fsp3) is 0.341. The van der Waals surface area contributed by atoms with Gasteiger partial charge in [0.1, 0.15) is 41.6 Å². The number of imide groups is 1. The van der Waals surface area contributed by atoms with E-state index in [1.54, 1.807) is 47.3 Å². The van der Waals surface area contributed by atoms with Crippen molar-refractivity contribution in [2.45, 2.75) is 50.4 Å². The number of para-hydroxylation sites is 1. The van der Waals surface area contributed by atoms with Gasteiger partial charge in [0.2, 0.25) is 11.8 Å². The number of anilines is 2. The summed E-state index contributed by atoms with van der Waals surface area (Å²) in [5.41, 5.74) is 7.64. The third-order valence-electron chi connectivity index (χ3n) is 10.3. The molecule has 1 aliphatic carbocycles. The van der Waals surface area contributed by atoms with Gasteiger partial charge in [-0.2, -0.15) is 5.10 Å². The Kier molecular flexibility index (Phi) is 6.85. The molecular formula is C41H42FN9O3. The van der Waals surface area contributed by atoms with Gasteiger partial charge in [-0.15, -0.1) is 0 Å². The van der Waals surface area contributed by atoms with E-state index in [0.29, 0.717) is 54.4 Å². The van der Waals surface area contributed by atoms with Gasteiger partial charge in [-0.05, 0) is 85.5 Å². The summed E-state index contributed by atoms with van der Waals surface area (Å²) in [5, 5.41) is 8.63. The van der Waals surface area contributed by atoms with Gasteiger partial charge in [-0.3, -0.25) is 19.8 Å². The number of alkyl halides is 1. The second-order valence-corrected chi connectivity index (χ2v) is 13.8. The van der Waals surface area contributed by atoms with Gasteiger partial charge in [0, 0.05) is 73.5 Å². The van der Waals surface area contributed by atoms with Crippen LogP contribution in [0, 0.1) is 5.92 Å². The van der Waals surface area contributed by atoms with Crippen molar-refractivity contribution in [1.82, 2.24) is 34.5 Å². The number of nitrogen functional groups attached to an aromatic ring is 1. The molecule has 4 unspecified atom stereocenters. The van der Waals surface area contributed by atoms with E-state index >= 15 is 4.39 Å². The maximum Gasteiger partial charge on any atom is 0.249 e. The molecule has 2 aliphatic heterocycles. The molecule has 1 saturated carbocycles. The normalized spacial score (nSPS) is 28.4. The highest BCUT2D eigenvalue weighted by Crippen LogP contribution is 2.40. The van der Waals surface area contributed by atoms with E-state index in [1.165, 1.54) is 23.1 Å². The summed E-state index contributed by atoms with van der Waals surface area (Å²) >= 11 is 0. The number of hydrogen-bond acceptors (Lipinski definition) is 9. The molecule has 3 aromatic heterocycles. The Bertz CT molecular complexity index is 2670. The second-order valence-electron chi connectivity index (χ2n) is 13.8. The number of ether oxygens (including phenoxy) is 1. The van der Waals surface area contributed by atoms with Crippen LogP contribution < -0.4 is 20.7 Å². The average molecular weight is 736 g/mol. The minimum absolute atomic E-state index is 0.128. The number of halogens is 1. The number of aromatic nitrogens is 5. The number of carbonyl (C=O) groups is 2. The fourth-order valence-corrected chi connectivity index (χ4v) is 7.55. The quantitative estimate of drug-likeness (QED) is 0.173. The lowest BCUT2D eigenvalue weighted by Crippen LogP contribution is -2.48. The van der Waals surface area contributed by atoms with Gasteiger partial charge >= 0.3 is 0 Å². The lowest BCUT2D eigenvalue weighted by atomic mass is 9.84. The summed E-state index contributed by atoms with van der Waals surface area (Å²) in [6.45, 7) is -13.0. The minimum atomic E-state index is -3.15. The molecule has 4 atom stereocenters. The maximum absolute atomic E-state index is 16.5. The van der Waals surface area contributed by atoms with Crippen molar-refractivity contribution in [3.63, 3.8) is 0 Å². The molecule has 0 radical (unpaired) electrons. The van der Waals surface area contributed by atoms with Crippen LogP contribution in [0.3, 0.4) is 0 Å². The lowest BCUT2D eigenvalue weighted by Gasteiger charge is -2.39. The first kappa shape index (κ1) is 26.0. The monoisotopic (exact) mass is 735 g/mol. The van der Waals surface area contributed by atoms with E-state index in [2.05, 4.69) is 15.3 Å². The standard InChI is InChI=1S/C41H42FN9O3/c42-33-20-26(22-48-16-18-49(19-17-48)30-10-7-28-23-50(24-29(28)21-30)35-14-15-36(52)46-41(35)53)6-13-34(33)51-40-37(39(43)44-25-45-40)38(47-51)27-8-11-32(12-9-27)54-31-4-2-1-3-5-31/h1-5,7-12,21,23-26,33-35H,6,13-20,22H2,(H2,43,44,45)(H,46,52,53)/i16D2,17D2,18D2,19D2. The molecule has 3 fully saturated rings. The lowest BCUT2D eigenvalue weighted by molar-refractivity contribution is -0.135. The number of fused-ring (bicyclic) bond motifs is 2. The first-order chi connectivity index (χ1) is 29.4. The summed E-state index contributed by atoms with van der Waals surface area (Å²) in [6, 6.07) is 19.3. The van der Waals surface area contributed by atoms with E-state index in [1.807, 2.05) is 30.3 Å². The summed E-state index contributed by atoms with van der Waals surface area (Å²) < 4.78 is 98.4. The molecule has 0 bridgehead atoms. The van der Waals surface area contributed by atoms with Crippen LogP contribution in [0.15, 0.2) is 91.5 Å². The van der Waals surface area contributed by atoms with Crippen LogP contribution in [0.1, 0.15) is 55.2 Å². The predicted molar refractivity (Wildman–Crippen MR) is 205 cm³/mol. The Labute approximate surface area is 323 Å². The number of benzene rings is 3. The van der Waals surface area contributed by atoms with Crippen LogP contribution in [-0.4, -0.2) is 79.7 Å². The van der Waals surface area contributed by atoms with Gasteiger partial charge in [0.25, 0.3) is 0 Å². The van der Waals surface area contributed by atoms with Gasteiger partial charge in [0.05, 0.1) is 16.9 Å². The largest absolute Gasteiger partial charge is 0.457 e. The molecule has 6 aromatic rings. The van der Waals surface area contributed by atoms with Crippen molar-refractivity contribution < 1.29 is 29.7 Å². The number of piperazine rings is 1. The molecule has 2 saturated heterocycles. The second kappa shape index (κ2) is 14.2. The molecule has 9 rings (SSSR count). The van der Waals surface area contributed by atoms with E-state index in [0.717, 1.165) is 0 Å². The molecule has 276 valence electrons.